The minimum absolute atomic E-state index is 0.0244. The van der Waals surface area contributed by atoms with Crippen LogP contribution in [0.2, 0.25) is 0 Å². The van der Waals surface area contributed by atoms with E-state index in [2.05, 4.69) is 110 Å². The Balaban J connectivity index is 1.90. The maximum atomic E-state index is 6.34. The maximum Gasteiger partial charge on any atom is 0.295 e. The lowest BCUT2D eigenvalue weighted by Gasteiger charge is -2.18. The van der Waals surface area contributed by atoms with Crippen LogP contribution in [0.4, 0.5) is 0 Å². The number of para-hydroxylation sites is 3. The number of aromatic nitrogens is 2. The fourth-order valence-corrected chi connectivity index (χ4v) is 5.98. The van der Waals surface area contributed by atoms with Gasteiger partial charge >= 0.3 is 0 Å². The molecule has 0 unspecified atom stereocenters. The molecule has 34 heavy (non-hydrogen) atoms. The molecule has 3 heteroatoms. The first-order valence-electron chi connectivity index (χ1n) is 11.9. The van der Waals surface area contributed by atoms with Crippen molar-refractivity contribution in [3.05, 3.63) is 83.9 Å². The van der Waals surface area contributed by atoms with Gasteiger partial charge < -0.3 is 4.42 Å². The highest BCUT2D eigenvalue weighted by molar-refractivity contribution is 6.29. The Morgan fingerprint density at radius 2 is 1.50 bits per heavy atom. The summed E-state index contributed by atoms with van der Waals surface area (Å²) in [5.41, 5.74) is 9.50. The summed E-state index contributed by atoms with van der Waals surface area (Å²) < 4.78 is 11.2. The van der Waals surface area contributed by atoms with E-state index in [0.29, 0.717) is 0 Å². The molecule has 0 N–H and O–H groups in total. The van der Waals surface area contributed by atoms with Crippen LogP contribution in [0.25, 0.3) is 60.3 Å². The van der Waals surface area contributed by atoms with Gasteiger partial charge in [0.25, 0.3) is 5.65 Å². The third-order valence-corrected chi connectivity index (χ3v) is 7.44. The van der Waals surface area contributed by atoms with Gasteiger partial charge in [-0.25, -0.2) is 4.57 Å². The molecule has 166 valence electrons. The number of benzene rings is 4. The third kappa shape index (κ3) is 2.34. The molecular weight excluding hydrogens is 416 g/mol. The molecule has 0 amide bonds. The average Bonchev–Trinajstić information content (AvgIpc) is 3.33. The zero-order valence-electron chi connectivity index (χ0n) is 20.2. The summed E-state index contributed by atoms with van der Waals surface area (Å²) in [6, 6.07) is 26.2. The molecule has 7 rings (SSSR count). The second kappa shape index (κ2) is 6.38. The van der Waals surface area contributed by atoms with E-state index >= 15 is 0 Å². The standard InChI is InChI=1S/C31H27N2O/c1-18-17-25-27(20-12-7-9-16-24(20)34-25)28-19-11-6-8-14-22(19)33-29-21(31(2,3)4)13-10-15-23(29)32(5)30(33)26(18)28/h6-17H,1-5H3/q+1. The summed E-state index contributed by atoms with van der Waals surface area (Å²) in [6.45, 7) is 9.12. The number of imidazole rings is 1. The van der Waals surface area contributed by atoms with Crippen LogP contribution in [0.5, 0.6) is 0 Å². The van der Waals surface area contributed by atoms with Crippen molar-refractivity contribution in [3.8, 4) is 0 Å². The van der Waals surface area contributed by atoms with E-state index in [0.717, 1.165) is 11.2 Å². The van der Waals surface area contributed by atoms with Gasteiger partial charge in [-0.1, -0.05) is 69.3 Å². The summed E-state index contributed by atoms with van der Waals surface area (Å²) >= 11 is 0. The van der Waals surface area contributed by atoms with E-state index < -0.39 is 0 Å². The summed E-state index contributed by atoms with van der Waals surface area (Å²) in [5, 5.41) is 6.20. The van der Waals surface area contributed by atoms with E-state index in [1.165, 1.54) is 60.3 Å². The third-order valence-electron chi connectivity index (χ3n) is 7.44. The van der Waals surface area contributed by atoms with Crippen LogP contribution in [0, 0.1) is 6.92 Å². The second-order valence-electron chi connectivity index (χ2n) is 10.6. The number of hydrogen-bond acceptors (Lipinski definition) is 1. The van der Waals surface area contributed by atoms with Crippen molar-refractivity contribution in [2.24, 2.45) is 7.05 Å². The number of hydrogen-bond donors (Lipinski definition) is 0. The van der Waals surface area contributed by atoms with Gasteiger partial charge in [-0.3, -0.25) is 0 Å². The summed E-state index contributed by atoms with van der Waals surface area (Å²) in [5.74, 6) is 0. The Morgan fingerprint density at radius 1 is 0.765 bits per heavy atom. The van der Waals surface area contributed by atoms with Crippen molar-refractivity contribution in [2.45, 2.75) is 33.1 Å². The number of pyridine rings is 1. The molecule has 3 nitrogen and oxygen atoms in total. The Hall–Kier alpha value is -3.85. The fraction of sp³-hybridized carbons (Fsp3) is 0.194. The fourth-order valence-electron chi connectivity index (χ4n) is 5.98. The molecule has 0 atom stereocenters. The first kappa shape index (κ1) is 19.6. The van der Waals surface area contributed by atoms with E-state index in [-0.39, 0.29) is 5.41 Å². The van der Waals surface area contributed by atoms with E-state index in [1.54, 1.807) is 0 Å². The molecule has 0 radical (unpaired) electrons. The molecule has 0 aliphatic heterocycles. The van der Waals surface area contributed by atoms with Crippen molar-refractivity contribution in [2.75, 3.05) is 0 Å². The first-order valence-corrected chi connectivity index (χ1v) is 11.9. The SMILES string of the molecule is Cc1cc2oc3ccccc3c2c2c3ccccc3n3c4c(C(C)(C)C)cccc4[n+](C)c3c12. The minimum atomic E-state index is 0.0244. The molecule has 3 heterocycles. The average molecular weight is 444 g/mol. The molecule has 0 spiro atoms. The molecule has 0 bridgehead atoms. The normalized spacial score (nSPS) is 12.9. The lowest BCUT2D eigenvalue weighted by Crippen LogP contribution is -2.27. The lowest BCUT2D eigenvalue weighted by molar-refractivity contribution is -0.617. The highest BCUT2D eigenvalue weighted by Crippen LogP contribution is 2.42. The van der Waals surface area contributed by atoms with Crippen molar-refractivity contribution < 1.29 is 8.98 Å². The molecule has 7 aromatic rings. The highest BCUT2D eigenvalue weighted by atomic mass is 16.3. The van der Waals surface area contributed by atoms with Gasteiger partial charge in [0.1, 0.15) is 16.7 Å². The molecule has 0 aliphatic carbocycles. The van der Waals surface area contributed by atoms with Crippen LogP contribution in [0.15, 0.2) is 77.2 Å². The lowest BCUT2D eigenvalue weighted by atomic mass is 9.86. The Morgan fingerprint density at radius 3 is 2.29 bits per heavy atom. The van der Waals surface area contributed by atoms with Gasteiger partial charge in [-0.05, 0) is 42.2 Å². The Kier molecular flexibility index (Phi) is 3.68. The number of nitrogens with zero attached hydrogens (tertiary/aromatic N) is 2. The van der Waals surface area contributed by atoms with Gasteiger partial charge in [-0.15, -0.1) is 0 Å². The zero-order valence-corrected chi connectivity index (χ0v) is 20.2. The van der Waals surface area contributed by atoms with E-state index in [9.17, 15) is 0 Å². The summed E-state index contributed by atoms with van der Waals surface area (Å²) in [4.78, 5) is 0. The zero-order chi connectivity index (χ0) is 23.4. The molecule has 3 aromatic heterocycles. The quantitative estimate of drug-likeness (QED) is 0.174. The highest BCUT2D eigenvalue weighted by Gasteiger charge is 2.30. The van der Waals surface area contributed by atoms with E-state index in [4.69, 9.17) is 4.42 Å². The van der Waals surface area contributed by atoms with Gasteiger partial charge in [0.15, 0.2) is 11.0 Å². The Bertz CT molecular complexity index is 1960. The molecule has 4 aromatic carbocycles. The van der Waals surface area contributed by atoms with Gasteiger partial charge in [-0.2, -0.15) is 4.40 Å². The minimum Gasteiger partial charge on any atom is -0.456 e. The van der Waals surface area contributed by atoms with Crippen LogP contribution in [-0.4, -0.2) is 4.40 Å². The summed E-state index contributed by atoms with van der Waals surface area (Å²) in [6.07, 6.45) is 0. The molecule has 0 saturated carbocycles. The second-order valence-corrected chi connectivity index (χ2v) is 10.6. The van der Waals surface area contributed by atoms with Crippen LogP contribution < -0.4 is 4.57 Å². The maximum absolute atomic E-state index is 6.34. The number of rotatable bonds is 0. The predicted molar refractivity (Wildman–Crippen MR) is 142 cm³/mol. The predicted octanol–water partition coefficient (Wildman–Crippen LogP) is 7.73. The number of aryl methyl sites for hydroxylation is 2. The Labute approximate surface area is 197 Å². The van der Waals surface area contributed by atoms with Crippen LogP contribution >= 0.6 is 0 Å². The van der Waals surface area contributed by atoms with Crippen molar-refractivity contribution in [1.82, 2.24) is 4.40 Å². The van der Waals surface area contributed by atoms with Crippen molar-refractivity contribution in [1.29, 1.82) is 0 Å². The number of fused-ring (bicyclic) bond motifs is 12. The monoisotopic (exact) mass is 443 g/mol. The largest absolute Gasteiger partial charge is 0.456 e. The van der Waals surface area contributed by atoms with Crippen LogP contribution in [-0.2, 0) is 12.5 Å². The smallest absolute Gasteiger partial charge is 0.295 e. The topological polar surface area (TPSA) is 21.4 Å². The number of furan rings is 1. The van der Waals surface area contributed by atoms with Crippen LogP contribution in [0.1, 0.15) is 31.9 Å². The molecule has 0 saturated heterocycles. The molecular formula is C31H27N2O+. The van der Waals surface area contributed by atoms with Gasteiger partial charge in [0, 0.05) is 27.1 Å². The van der Waals surface area contributed by atoms with Crippen molar-refractivity contribution >= 4 is 60.3 Å². The summed E-state index contributed by atoms with van der Waals surface area (Å²) in [7, 11) is 2.20. The first-order chi connectivity index (χ1) is 16.4. The van der Waals surface area contributed by atoms with Crippen molar-refractivity contribution in [3.63, 3.8) is 0 Å². The van der Waals surface area contributed by atoms with E-state index in [1.807, 2.05) is 6.07 Å². The molecule has 0 aliphatic rings. The van der Waals surface area contributed by atoms with Gasteiger partial charge in [0.05, 0.1) is 12.4 Å². The van der Waals surface area contributed by atoms with Crippen LogP contribution in [0.3, 0.4) is 0 Å². The van der Waals surface area contributed by atoms with Gasteiger partial charge in [0.2, 0.25) is 0 Å². The molecule has 0 fully saturated rings.